The lowest BCUT2D eigenvalue weighted by Gasteiger charge is -2.30. The number of amidine groups is 1. The van der Waals surface area contributed by atoms with E-state index < -0.39 is 0 Å². The summed E-state index contributed by atoms with van der Waals surface area (Å²) in [4.78, 5) is 7.05. The van der Waals surface area contributed by atoms with Gasteiger partial charge in [0, 0.05) is 37.5 Å². The van der Waals surface area contributed by atoms with Gasteiger partial charge in [0.1, 0.15) is 0 Å². The lowest BCUT2D eigenvalue weighted by atomic mass is 10.2. The zero-order valence-electron chi connectivity index (χ0n) is 11.9. The maximum atomic E-state index is 4.55. The van der Waals surface area contributed by atoms with Gasteiger partial charge in [-0.05, 0) is 33.6 Å². The molecule has 1 N–H and O–H groups in total. The second-order valence-corrected chi connectivity index (χ2v) is 6.42. The van der Waals surface area contributed by atoms with E-state index >= 15 is 0 Å². The van der Waals surface area contributed by atoms with Crippen molar-refractivity contribution in [3.8, 4) is 0 Å². The molecule has 3 nitrogen and oxygen atoms in total. The standard InChI is InChI=1S/C13H27N3S/c1-10(2)16(11(3)4)7-6-14-13-15-8-12(5)9-17-13/h10-12H,6-9H2,1-5H3,(H,14,15). The van der Waals surface area contributed by atoms with Gasteiger partial charge in [-0.15, -0.1) is 0 Å². The summed E-state index contributed by atoms with van der Waals surface area (Å²) < 4.78 is 0. The van der Waals surface area contributed by atoms with Crippen LogP contribution in [0.2, 0.25) is 0 Å². The van der Waals surface area contributed by atoms with Gasteiger partial charge in [0.2, 0.25) is 0 Å². The maximum absolute atomic E-state index is 4.55. The fourth-order valence-electron chi connectivity index (χ4n) is 2.07. The molecule has 0 aliphatic carbocycles. The molecule has 4 heteroatoms. The van der Waals surface area contributed by atoms with E-state index in [1.165, 1.54) is 5.75 Å². The van der Waals surface area contributed by atoms with E-state index in [0.717, 1.165) is 30.7 Å². The number of aliphatic imine (C=N–C) groups is 1. The van der Waals surface area contributed by atoms with Crippen LogP contribution in [0.15, 0.2) is 4.99 Å². The molecule has 0 aromatic carbocycles. The van der Waals surface area contributed by atoms with Crippen molar-refractivity contribution in [1.82, 2.24) is 10.2 Å². The molecule has 0 spiro atoms. The molecule has 0 saturated heterocycles. The van der Waals surface area contributed by atoms with Crippen molar-refractivity contribution in [1.29, 1.82) is 0 Å². The van der Waals surface area contributed by atoms with E-state index in [4.69, 9.17) is 0 Å². The van der Waals surface area contributed by atoms with Crippen LogP contribution < -0.4 is 5.32 Å². The summed E-state index contributed by atoms with van der Waals surface area (Å²) in [5.41, 5.74) is 0. The number of hydrogen-bond acceptors (Lipinski definition) is 4. The lowest BCUT2D eigenvalue weighted by molar-refractivity contribution is 0.178. The van der Waals surface area contributed by atoms with Gasteiger partial charge in [-0.1, -0.05) is 18.7 Å². The second kappa shape index (κ2) is 7.27. The Hall–Kier alpha value is -0.220. The molecule has 1 heterocycles. The highest BCUT2D eigenvalue weighted by molar-refractivity contribution is 8.13. The minimum atomic E-state index is 0.609. The van der Waals surface area contributed by atoms with Crippen molar-refractivity contribution in [2.75, 3.05) is 25.4 Å². The van der Waals surface area contributed by atoms with Crippen molar-refractivity contribution in [3.05, 3.63) is 0 Å². The molecule has 0 radical (unpaired) electrons. The fourth-order valence-corrected chi connectivity index (χ4v) is 2.99. The number of rotatable bonds is 5. The topological polar surface area (TPSA) is 27.6 Å². The Labute approximate surface area is 110 Å². The molecule has 1 rings (SSSR count). The predicted octanol–water partition coefficient (Wildman–Crippen LogP) is 2.43. The van der Waals surface area contributed by atoms with Crippen LogP contribution in [0.1, 0.15) is 34.6 Å². The predicted molar refractivity (Wildman–Crippen MR) is 78.9 cm³/mol. The quantitative estimate of drug-likeness (QED) is 0.820. The van der Waals surface area contributed by atoms with E-state index in [1.54, 1.807) is 0 Å². The van der Waals surface area contributed by atoms with Gasteiger partial charge in [-0.2, -0.15) is 0 Å². The largest absolute Gasteiger partial charge is 0.364 e. The normalized spacial score (nSPS) is 21.2. The molecule has 1 aliphatic heterocycles. The van der Waals surface area contributed by atoms with Crippen LogP contribution in [-0.4, -0.2) is 47.5 Å². The first kappa shape index (κ1) is 14.8. The molecular weight excluding hydrogens is 230 g/mol. The summed E-state index contributed by atoms with van der Waals surface area (Å²) >= 11 is 1.86. The van der Waals surface area contributed by atoms with Gasteiger partial charge < -0.3 is 5.32 Å². The summed E-state index contributed by atoms with van der Waals surface area (Å²) in [6, 6.07) is 1.22. The molecule has 0 bridgehead atoms. The summed E-state index contributed by atoms with van der Waals surface area (Å²) in [5, 5.41) is 4.59. The van der Waals surface area contributed by atoms with Gasteiger partial charge in [0.25, 0.3) is 0 Å². The molecule has 0 aromatic heterocycles. The van der Waals surface area contributed by atoms with Crippen LogP contribution in [0.5, 0.6) is 0 Å². The third kappa shape index (κ3) is 5.30. The van der Waals surface area contributed by atoms with Crippen molar-refractivity contribution in [2.24, 2.45) is 10.9 Å². The highest BCUT2D eigenvalue weighted by Gasteiger charge is 2.14. The van der Waals surface area contributed by atoms with Gasteiger partial charge in [-0.25, -0.2) is 0 Å². The summed E-state index contributed by atoms with van der Waals surface area (Å²) in [6.07, 6.45) is 0. The Balaban J connectivity index is 2.27. The third-order valence-electron chi connectivity index (χ3n) is 3.02. The summed E-state index contributed by atoms with van der Waals surface area (Å²) in [7, 11) is 0. The van der Waals surface area contributed by atoms with E-state index in [-0.39, 0.29) is 0 Å². The van der Waals surface area contributed by atoms with Crippen LogP contribution in [0, 0.1) is 5.92 Å². The molecule has 0 fully saturated rings. The smallest absolute Gasteiger partial charge is 0.156 e. The molecule has 17 heavy (non-hydrogen) atoms. The molecule has 0 aromatic rings. The average molecular weight is 257 g/mol. The second-order valence-electron chi connectivity index (χ2n) is 5.41. The molecule has 0 amide bonds. The monoisotopic (exact) mass is 257 g/mol. The van der Waals surface area contributed by atoms with Crippen LogP contribution in [0.3, 0.4) is 0 Å². The average Bonchev–Trinajstić information content (AvgIpc) is 2.25. The Morgan fingerprint density at radius 2 is 2.00 bits per heavy atom. The summed E-state index contributed by atoms with van der Waals surface area (Å²) in [6.45, 7) is 14.4. The Morgan fingerprint density at radius 1 is 1.35 bits per heavy atom. The minimum Gasteiger partial charge on any atom is -0.364 e. The SMILES string of the molecule is CC1CN=C(NCCN(C(C)C)C(C)C)SC1. The van der Waals surface area contributed by atoms with Crippen LogP contribution in [0.4, 0.5) is 0 Å². The van der Waals surface area contributed by atoms with Crippen molar-refractivity contribution in [3.63, 3.8) is 0 Å². The first-order valence-corrected chi connectivity index (χ1v) is 7.66. The van der Waals surface area contributed by atoms with Gasteiger partial charge in [0.05, 0.1) is 0 Å². The summed E-state index contributed by atoms with van der Waals surface area (Å²) in [5.74, 6) is 1.93. The Bertz CT molecular complexity index is 243. The zero-order chi connectivity index (χ0) is 12.8. The molecular formula is C13H27N3S. The van der Waals surface area contributed by atoms with E-state index in [2.05, 4.69) is 49.8 Å². The van der Waals surface area contributed by atoms with Crippen molar-refractivity contribution < 1.29 is 0 Å². The molecule has 1 aliphatic rings. The molecule has 1 unspecified atom stereocenters. The molecule has 0 saturated carbocycles. The fraction of sp³-hybridized carbons (Fsp3) is 0.923. The first-order valence-electron chi connectivity index (χ1n) is 6.67. The highest BCUT2D eigenvalue weighted by Crippen LogP contribution is 2.15. The zero-order valence-corrected chi connectivity index (χ0v) is 12.7. The number of nitrogens with zero attached hydrogens (tertiary/aromatic N) is 2. The van der Waals surface area contributed by atoms with Crippen molar-refractivity contribution >= 4 is 16.9 Å². The van der Waals surface area contributed by atoms with Crippen LogP contribution >= 0.6 is 11.8 Å². The third-order valence-corrected chi connectivity index (χ3v) is 4.31. The molecule has 1 atom stereocenters. The van der Waals surface area contributed by atoms with E-state index in [1.807, 2.05) is 11.8 Å². The van der Waals surface area contributed by atoms with Gasteiger partial charge in [-0.3, -0.25) is 9.89 Å². The van der Waals surface area contributed by atoms with Gasteiger partial charge in [0.15, 0.2) is 5.17 Å². The number of nitrogens with one attached hydrogen (secondary N) is 1. The van der Waals surface area contributed by atoms with E-state index in [0.29, 0.717) is 12.1 Å². The number of thioether (sulfide) groups is 1. The first-order chi connectivity index (χ1) is 8.00. The van der Waals surface area contributed by atoms with Crippen LogP contribution in [-0.2, 0) is 0 Å². The Morgan fingerprint density at radius 3 is 2.47 bits per heavy atom. The molecule has 100 valence electrons. The maximum Gasteiger partial charge on any atom is 0.156 e. The van der Waals surface area contributed by atoms with Gasteiger partial charge >= 0.3 is 0 Å². The Kier molecular flexibility index (Phi) is 6.34. The highest BCUT2D eigenvalue weighted by atomic mass is 32.2. The van der Waals surface area contributed by atoms with Crippen LogP contribution in [0.25, 0.3) is 0 Å². The minimum absolute atomic E-state index is 0.609. The lowest BCUT2D eigenvalue weighted by Crippen LogP contribution is -2.42. The van der Waals surface area contributed by atoms with E-state index in [9.17, 15) is 0 Å². The van der Waals surface area contributed by atoms with Crippen molar-refractivity contribution in [2.45, 2.75) is 46.7 Å². The number of hydrogen-bond donors (Lipinski definition) is 1.